The SMILES string of the molecule is Cc1ccccc1Cn1ccc(NC(=O)C2CC(c3c(F)cccc3Cl)=NO2)n1. The molecule has 0 saturated carbocycles. The van der Waals surface area contributed by atoms with Crippen LogP contribution in [-0.2, 0) is 16.2 Å². The summed E-state index contributed by atoms with van der Waals surface area (Å²) in [7, 11) is 0. The van der Waals surface area contributed by atoms with E-state index in [1.807, 2.05) is 31.2 Å². The molecule has 148 valence electrons. The van der Waals surface area contributed by atoms with Crippen molar-refractivity contribution >= 4 is 29.0 Å². The van der Waals surface area contributed by atoms with Gasteiger partial charge in [-0.25, -0.2) is 4.39 Å². The molecule has 1 aromatic heterocycles. The molecule has 29 heavy (non-hydrogen) atoms. The number of carbonyl (C=O) groups excluding carboxylic acids is 1. The van der Waals surface area contributed by atoms with E-state index in [1.165, 1.54) is 17.7 Å². The van der Waals surface area contributed by atoms with Crippen molar-refractivity contribution in [2.45, 2.75) is 26.0 Å². The van der Waals surface area contributed by atoms with E-state index < -0.39 is 17.8 Å². The van der Waals surface area contributed by atoms with Gasteiger partial charge in [-0.3, -0.25) is 9.48 Å². The Morgan fingerprint density at radius 2 is 2.10 bits per heavy atom. The Labute approximate surface area is 171 Å². The van der Waals surface area contributed by atoms with E-state index in [4.69, 9.17) is 16.4 Å². The van der Waals surface area contributed by atoms with E-state index in [-0.39, 0.29) is 17.0 Å². The maximum atomic E-state index is 14.1. The Bertz CT molecular complexity index is 1080. The van der Waals surface area contributed by atoms with E-state index in [0.717, 1.165) is 5.56 Å². The zero-order valence-electron chi connectivity index (χ0n) is 15.6. The lowest BCUT2D eigenvalue weighted by Crippen LogP contribution is -2.28. The molecule has 4 rings (SSSR count). The van der Waals surface area contributed by atoms with Gasteiger partial charge in [0, 0.05) is 18.7 Å². The van der Waals surface area contributed by atoms with E-state index >= 15 is 0 Å². The van der Waals surface area contributed by atoms with Crippen LogP contribution in [-0.4, -0.2) is 27.5 Å². The third-order valence-electron chi connectivity index (χ3n) is 4.70. The smallest absolute Gasteiger partial charge is 0.269 e. The maximum absolute atomic E-state index is 14.1. The van der Waals surface area contributed by atoms with Crippen LogP contribution in [0.3, 0.4) is 0 Å². The van der Waals surface area contributed by atoms with Crippen molar-refractivity contribution in [3.05, 3.63) is 82.3 Å². The lowest BCUT2D eigenvalue weighted by molar-refractivity contribution is -0.125. The number of amides is 1. The lowest BCUT2D eigenvalue weighted by atomic mass is 10.0. The van der Waals surface area contributed by atoms with Crippen molar-refractivity contribution in [1.82, 2.24) is 9.78 Å². The van der Waals surface area contributed by atoms with E-state index in [0.29, 0.717) is 18.1 Å². The Morgan fingerprint density at radius 3 is 2.90 bits per heavy atom. The lowest BCUT2D eigenvalue weighted by Gasteiger charge is -2.08. The Hall–Kier alpha value is -3.19. The summed E-state index contributed by atoms with van der Waals surface area (Å²) in [6, 6.07) is 14.1. The highest BCUT2D eigenvalue weighted by Gasteiger charge is 2.31. The largest absolute Gasteiger partial charge is 0.382 e. The van der Waals surface area contributed by atoms with Crippen molar-refractivity contribution < 1.29 is 14.0 Å². The third-order valence-corrected chi connectivity index (χ3v) is 5.01. The Balaban J connectivity index is 1.39. The second kappa shape index (κ2) is 8.05. The fraction of sp³-hybridized carbons (Fsp3) is 0.190. The van der Waals surface area contributed by atoms with Gasteiger partial charge in [0.25, 0.3) is 5.91 Å². The molecule has 0 aliphatic carbocycles. The van der Waals surface area contributed by atoms with E-state index in [2.05, 4.69) is 15.6 Å². The number of halogens is 2. The van der Waals surface area contributed by atoms with Crippen LogP contribution in [0.1, 0.15) is 23.1 Å². The molecule has 3 aromatic rings. The van der Waals surface area contributed by atoms with Crippen LogP contribution in [0.15, 0.2) is 59.9 Å². The molecule has 2 heterocycles. The van der Waals surface area contributed by atoms with Crippen LogP contribution in [0.2, 0.25) is 5.02 Å². The summed E-state index contributed by atoms with van der Waals surface area (Å²) < 4.78 is 15.8. The number of rotatable bonds is 5. The summed E-state index contributed by atoms with van der Waals surface area (Å²) in [6.45, 7) is 2.64. The van der Waals surface area contributed by atoms with Crippen molar-refractivity contribution in [2.75, 3.05) is 5.32 Å². The van der Waals surface area contributed by atoms with Crippen molar-refractivity contribution in [2.24, 2.45) is 5.16 Å². The number of aryl methyl sites for hydroxylation is 1. The molecule has 0 fully saturated rings. The van der Waals surface area contributed by atoms with Gasteiger partial charge in [-0.2, -0.15) is 5.10 Å². The van der Waals surface area contributed by atoms with Gasteiger partial charge in [-0.05, 0) is 30.2 Å². The minimum atomic E-state index is -0.873. The number of nitrogens with zero attached hydrogens (tertiary/aromatic N) is 3. The third kappa shape index (κ3) is 4.14. The summed E-state index contributed by atoms with van der Waals surface area (Å²) in [5.41, 5.74) is 2.78. The number of anilines is 1. The van der Waals surface area contributed by atoms with E-state index in [1.54, 1.807) is 23.0 Å². The Kier molecular flexibility index (Phi) is 5.31. The minimum Gasteiger partial charge on any atom is -0.382 e. The highest BCUT2D eigenvalue weighted by atomic mass is 35.5. The summed E-state index contributed by atoms with van der Waals surface area (Å²) in [6.07, 6.45) is 1.04. The fourth-order valence-corrected chi connectivity index (χ4v) is 3.40. The number of aromatic nitrogens is 2. The molecule has 0 saturated heterocycles. The predicted molar refractivity (Wildman–Crippen MR) is 109 cm³/mol. The zero-order chi connectivity index (χ0) is 20.4. The highest BCUT2D eigenvalue weighted by Crippen LogP contribution is 2.26. The van der Waals surface area contributed by atoms with Crippen LogP contribution in [0.4, 0.5) is 10.2 Å². The summed E-state index contributed by atoms with van der Waals surface area (Å²) in [5, 5.41) is 11.2. The van der Waals surface area contributed by atoms with Crippen LogP contribution in [0.5, 0.6) is 0 Å². The zero-order valence-corrected chi connectivity index (χ0v) is 16.4. The molecular weight excluding hydrogens is 395 g/mol. The number of nitrogens with one attached hydrogen (secondary N) is 1. The first-order valence-electron chi connectivity index (χ1n) is 9.07. The molecule has 0 spiro atoms. The first kappa shape index (κ1) is 19.1. The van der Waals surface area contributed by atoms with Gasteiger partial charge in [0.2, 0.25) is 6.10 Å². The topological polar surface area (TPSA) is 68.5 Å². The fourth-order valence-electron chi connectivity index (χ4n) is 3.12. The van der Waals surface area contributed by atoms with Crippen LogP contribution >= 0.6 is 11.6 Å². The quantitative estimate of drug-likeness (QED) is 0.684. The molecule has 1 atom stereocenters. The number of benzene rings is 2. The van der Waals surface area contributed by atoms with Crippen LogP contribution < -0.4 is 5.32 Å². The summed E-state index contributed by atoms with van der Waals surface area (Å²) >= 11 is 6.06. The molecule has 8 heteroatoms. The van der Waals surface area contributed by atoms with Gasteiger partial charge in [0.15, 0.2) is 5.82 Å². The standard InChI is InChI=1S/C21H18ClFN4O2/c1-13-5-2-3-6-14(13)12-27-10-9-19(25-27)24-21(28)18-11-17(26-29-18)20-15(22)7-4-8-16(20)23/h2-10,18H,11-12H2,1H3,(H,24,25,28). The molecule has 2 aromatic carbocycles. The second-order valence-electron chi connectivity index (χ2n) is 6.75. The van der Waals surface area contributed by atoms with Gasteiger partial charge >= 0.3 is 0 Å². The van der Waals surface area contributed by atoms with Gasteiger partial charge in [-0.15, -0.1) is 0 Å². The van der Waals surface area contributed by atoms with Gasteiger partial charge in [-0.1, -0.05) is 47.1 Å². The van der Waals surface area contributed by atoms with Crippen molar-refractivity contribution in [3.63, 3.8) is 0 Å². The molecule has 1 aliphatic rings. The molecule has 6 nitrogen and oxygen atoms in total. The molecule has 1 amide bonds. The second-order valence-corrected chi connectivity index (χ2v) is 7.15. The summed E-state index contributed by atoms with van der Waals surface area (Å²) in [5.74, 6) is -0.502. The minimum absolute atomic E-state index is 0.121. The molecule has 1 aliphatic heterocycles. The maximum Gasteiger partial charge on any atom is 0.269 e. The van der Waals surface area contributed by atoms with Gasteiger partial charge < -0.3 is 10.2 Å². The molecular formula is C21H18ClFN4O2. The first-order valence-corrected chi connectivity index (χ1v) is 9.45. The number of oxime groups is 1. The number of carbonyl (C=O) groups is 1. The number of hydrogen-bond donors (Lipinski definition) is 1. The van der Waals surface area contributed by atoms with Gasteiger partial charge in [0.1, 0.15) is 5.82 Å². The molecule has 1 unspecified atom stereocenters. The van der Waals surface area contributed by atoms with Crippen molar-refractivity contribution in [1.29, 1.82) is 0 Å². The van der Waals surface area contributed by atoms with Crippen molar-refractivity contribution in [3.8, 4) is 0 Å². The van der Waals surface area contributed by atoms with E-state index in [9.17, 15) is 9.18 Å². The van der Waals surface area contributed by atoms with Gasteiger partial charge in [0.05, 0.1) is 22.8 Å². The molecule has 0 radical (unpaired) electrons. The van der Waals surface area contributed by atoms with Crippen LogP contribution in [0, 0.1) is 12.7 Å². The number of hydrogen-bond acceptors (Lipinski definition) is 4. The average molecular weight is 413 g/mol. The predicted octanol–water partition coefficient (Wildman–Crippen LogP) is 4.16. The molecule has 1 N–H and O–H groups in total. The average Bonchev–Trinajstić information content (AvgIpc) is 3.33. The Morgan fingerprint density at radius 1 is 1.28 bits per heavy atom. The van der Waals surface area contributed by atoms with Crippen LogP contribution in [0.25, 0.3) is 0 Å². The molecule has 0 bridgehead atoms. The first-order chi connectivity index (χ1) is 14.0. The summed E-state index contributed by atoms with van der Waals surface area (Å²) in [4.78, 5) is 17.7. The highest BCUT2D eigenvalue weighted by molar-refractivity contribution is 6.34. The monoisotopic (exact) mass is 412 g/mol. The normalized spacial score (nSPS) is 15.7.